The molecule has 0 fully saturated rings. The minimum atomic E-state index is -0.437. The first-order chi connectivity index (χ1) is 14.4. The van der Waals surface area contributed by atoms with Crippen LogP contribution in [0.2, 0.25) is 0 Å². The van der Waals surface area contributed by atoms with E-state index in [1.807, 2.05) is 42.1 Å². The van der Waals surface area contributed by atoms with Crippen LogP contribution in [0.4, 0.5) is 5.69 Å². The minimum absolute atomic E-state index is 0.00341. The second kappa shape index (κ2) is 6.38. The number of carbonyl (C=O) groups is 2. The number of ether oxygens (including phenoxy) is 1. The molecular formula is C23H21N3O4. The van der Waals surface area contributed by atoms with Gasteiger partial charge in [-0.05, 0) is 35.4 Å². The summed E-state index contributed by atoms with van der Waals surface area (Å²) in [4.78, 5) is 26.7. The van der Waals surface area contributed by atoms with Gasteiger partial charge in [0, 0.05) is 42.9 Å². The molecule has 5 rings (SSSR count). The molecular weight excluding hydrogens is 382 g/mol. The third-order valence-electron chi connectivity index (χ3n) is 5.96. The molecule has 0 bridgehead atoms. The molecule has 1 aromatic heterocycles. The number of hydrogen-bond donors (Lipinski definition) is 2. The molecule has 0 radical (unpaired) electrons. The number of aromatic nitrogens is 1. The number of aromatic hydroxyl groups is 1. The number of phenolic OH excluding ortho intramolecular Hbond substituents is 1. The fraction of sp³-hybridized carbons (Fsp3) is 0.217. The lowest BCUT2D eigenvalue weighted by atomic mass is 9.84. The number of imide groups is 1. The van der Waals surface area contributed by atoms with Gasteiger partial charge < -0.3 is 19.7 Å². The molecule has 3 aromatic rings. The number of methoxy groups -OCH3 is 1. The van der Waals surface area contributed by atoms with E-state index in [2.05, 4.69) is 5.32 Å². The van der Waals surface area contributed by atoms with Gasteiger partial charge >= 0.3 is 0 Å². The van der Waals surface area contributed by atoms with Crippen molar-refractivity contribution in [3.05, 3.63) is 65.0 Å². The van der Waals surface area contributed by atoms with Crippen LogP contribution in [0, 0.1) is 0 Å². The van der Waals surface area contributed by atoms with E-state index in [1.165, 1.54) is 18.9 Å². The maximum absolute atomic E-state index is 13.3. The maximum Gasteiger partial charge on any atom is 0.259 e. The van der Waals surface area contributed by atoms with Crippen LogP contribution in [0.25, 0.3) is 10.9 Å². The molecule has 30 heavy (non-hydrogen) atoms. The lowest BCUT2D eigenvalue weighted by Gasteiger charge is -2.20. The Bertz CT molecular complexity index is 1270. The highest BCUT2D eigenvalue weighted by molar-refractivity contribution is 6.11. The Balaban J connectivity index is 1.80. The zero-order chi connectivity index (χ0) is 21.2. The highest BCUT2D eigenvalue weighted by Crippen LogP contribution is 2.47. The Hall–Kier alpha value is -3.74. The first kappa shape index (κ1) is 18.3. The molecule has 0 spiro atoms. The van der Waals surface area contributed by atoms with Crippen molar-refractivity contribution in [2.24, 2.45) is 7.05 Å². The van der Waals surface area contributed by atoms with Gasteiger partial charge in [0.1, 0.15) is 0 Å². The summed E-state index contributed by atoms with van der Waals surface area (Å²) in [5.74, 6) is -0.675. The lowest BCUT2D eigenvalue weighted by molar-refractivity contribution is -0.139. The van der Waals surface area contributed by atoms with E-state index >= 15 is 0 Å². The van der Waals surface area contributed by atoms with Gasteiger partial charge in [0.05, 0.1) is 24.7 Å². The molecule has 0 unspecified atom stereocenters. The molecule has 2 amide bonds. The number of nitrogens with zero attached hydrogens (tertiary/aromatic N) is 2. The van der Waals surface area contributed by atoms with E-state index in [9.17, 15) is 14.7 Å². The molecule has 0 saturated heterocycles. The number of phenols is 1. The Kier molecular flexibility index (Phi) is 3.89. The molecule has 152 valence electrons. The minimum Gasteiger partial charge on any atom is -0.504 e. The van der Waals surface area contributed by atoms with Crippen molar-refractivity contribution in [3.63, 3.8) is 0 Å². The van der Waals surface area contributed by atoms with Crippen molar-refractivity contribution in [3.8, 4) is 11.5 Å². The molecule has 2 aromatic carbocycles. The van der Waals surface area contributed by atoms with Gasteiger partial charge in [0.25, 0.3) is 5.91 Å². The number of hydrogen-bond acceptors (Lipinski definition) is 5. The predicted octanol–water partition coefficient (Wildman–Crippen LogP) is 3.09. The second-order valence-electron chi connectivity index (χ2n) is 7.69. The molecule has 3 heterocycles. The number of rotatable bonds is 2. The first-order valence-corrected chi connectivity index (χ1v) is 9.68. The van der Waals surface area contributed by atoms with Crippen LogP contribution in [0.15, 0.2) is 53.9 Å². The van der Waals surface area contributed by atoms with Crippen LogP contribution in [-0.2, 0) is 16.6 Å². The van der Waals surface area contributed by atoms with E-state index in [-0.39, 0.29) is 24.1 Å². The van der Waals surface area contributed by atoms with E-state index in [0.29, 0.717) is 17.0 Å². The van der Waals surface area contributed by atoms with Gasteiger partial charge in [-0.3, -0.25) is 14.5 Å². The van der Waals surface area contributed by atoms with Crippen LogP contribution in [0.1, 0.15) is 24.0 Å². The normalized spacial score (nSPS) is 17.8. The van der Waals surface area contributed by atoms with Crippen molar-refractivity contribution in [1.82, 2.24) is 9.47 Å². The van der Waals surface area contributed by atoms with E-state index in [1.54, 1.807) is 12.1 Å². The fourth-order valence-corrected chi connectivity index (χ4v) is 4.60. The first-order valence-electron chi connectivity index (χ1n) is 9.68. The lowest BCUT2D eigenvalue weighted by Crippen LogP contribution is -2.33. The van der Waals surface area contributed by atoms with Gasteiger partial charge in [-0.2, -0.15) is 0 Å². The van der Waals surface area contributed by atoms with Crippen molar-refractivity contribution < 1.29 is 19.4 Å². The average molecular weight is 403 g/mol. The number of benzene rings is 2. The second-order valence-corrected chi connectivity index (χ2v) is 7.69. The molecule has 0 aliphatic carbocycles. The monoisotopic (exact) mass is 403 g/mol. The van der Waals surface area contributed by atoms with Gasteiger partial charge in [0.15, 0.2) is 11.5 Å². The number of aryl methyl sites for hydroxylation is 1. The summed E-state index contributed by atoms with van der Waals surface area (Å²) < 4.78 is 7.22. The Labute approximate surface area is 173 Å². The Morgan fingerprint density at radius 2 is 2.07 bits per heavy atom. The molecule has 2 aliphatic rings. The summed E-state index contributed by atoms with van der Waals surface area (Å²) in [6, 6.07) is 11.2. The molecule has 7 heteroatoms. The Morgan fingerprint density at radius 3 is 2.77 bits per heavy atom. The molecule has 2 aliphatic heterocycles. The van der Waals surface area contributed by atoms with Crippen LogP contribution >= 0.6 is 0 Å². The summed E-state index contributed by atoms with van der Waals surface area (Å²) in [5, 5.41) is 14.9. The highest BCUT2D eigenvalue weighted by Gasteiger charge is 2.41. The average Bonchev–Trinajstić information content (AvgIpc) is 3.17. The Morgan fingerprint density at radius 1 is 1.27 bits per heavy atom. The van der Waals surface area contributed by atoms with E-state index in [0.717, 1.165) is 27.7 Å². The molecule has 0 saturated carbocycles. The summed E-state index contributed by atoms with van der Waals surface area (Å²) >= 11 is 0. The predicted molar refractivity (Wildman–Crippen MR) is 112 cm³/mol. The number of carbonyl (C=O) groups excluding carboxylic acids is 2. The standard InChI is InChI=1S/C23H21N3O4/c1-12(27)26-11-16-22(23(26)29)20(13-7-8-19(30-3)18(28)9-13)14-10-25(2)17-6-4-5-15(24-16)21(14)17/h4-10,20,24,28H,11H2,1-3H3/t20-/m1/s1. The summed E-state index contributed by atoms with van der Waals surface area (Å²) in [6.07, 6.45) is 2.02. The fourth-order valence-electron chi connectivity index (χ4n) is 4.60. The third kappa shape index (κ3) is 2.45. The van der Waals surface area contributed by atoms with Gasteiger partial charge in [0.2, 0.25) is 5.91 Å². The number of amides is 2. The molecule has 2 N–H and O–H groups in total. The molecule has 1 atom stereocenters. The van der Waals surface area contributed by atoms with Crippen LogP contribution in [0.5, 0.6) is 11.5 Å². The van der Waals surface area contributed by atoms with Crippen molar-refractivity contribution >= 4 is 28.4 Å². The largest absolute Gasteiger partial charge is 0.504 e. The van der Waals surface area contributed by atoms with Crippen molar-refractivity contribution in [1.29, 1.82) is 0 Å². The molecule has 7 nitrogen and oxygen atoms in total. The zero-order valence-corrected chi connectivity index (χ0v) is 16.9. The summed E-state index contributed by atoms with van der Waals surface area (Å²) in [6.45, 7) is 1.60. The van der Waals surface area contributed by atoms with Crippen molar-refractivity contribution in [2.75, 3.05) is 19.0 Å². The zero-order valence-electron chi connectivity index (χ0n) is 16.9. The van der Waals surface area contributed by atoms with Crippen LogP contribution in [-0.4, -0.2) is 40.0 Å². The van der Waals surface area contributed by atoms with E-state index < -0.39 is 5.92 Å². The smallest absolute Gasteiger partial charge is 0.259 e. The van der Waals surface area contributed by atoms with Gasteiger partial charge in [-0.25, -0.2) is 0 Å². The number of anilines is 1. The number of nitrogens with one attached hydrogen (secondary N) is 1. The quantitative estimate of drug-likeness (QED) is 0.687. The van der Waals surface area contributed by atoms with Gasteiger partial charge in [-0.1, -0.05) is 12.1 Å². The van der Waals surface area contributed by atoms with Crippen LogP contribution in [0.3, 0.4) is 0 Å². The maximum atomic E-state index is 13.3. The topological polar surface area (TPSA) is 83.8 Å². The third-order valence-corrected chi connectivity index (χ3v) is 5.96. The SMILES string of the molecule is COc1ccc([C@H]2C3=C(CN(C(C)=O)C3=O)Nc3cccc4c3c2cn4C)cc1O. The summed E-state index contributed by atoms with van der Waals surface area (Å²) in [7, 11) is 3.46. The van der Waals surface area contributed by atoms with Crippen LogP contribution < -0.4 is 10.1 Å². The van der Waals surface area contributed by atoms with Crippen molar-refractivity contribution in [2.45, 2.75) is 12.8 Å². The summed E-state index contributed by atoms with van der Waals surface area (Å²) in [5.41, 5.74) is 4.87. The highest BCUT2D eigenvalue weighted by atomic mass is 16.5. The van der Waals surface area contributed by atoms with Gasteiger partial charge in [-0.15, -0.1) is 0 Å². The van der Waals surface area contributed by atoms with E-state index in [4.69, 9.17) is 4.74 Å².